The van der Waals surface area contributed by atoms with E-state index in [2.05, 4.69) is 0 Å². The Labute approximate surface area is 272 Å². The lowest BCUT2D eigenvalue weighted by molar-refractivity contribution is -0.143. The van der Waals surface area contributed by atoms with E-state index in [0.29, 0.717) is 46.2 Å². The van der Waals surface area contributed by atoms with E-state index in [1.54, 1.807) is 72.6 Å². The SMILES string of the molecule is CCc1ccccc1N(C(=O)N1CCN(C(=O)N2c3ccccc3C(=O)N(C)c3ccccc32)[C@H](C(=O)O)C1)c1ccccc1OC. The second kappa shape index (κ2) is 12.9. The second-order valence-corrected chi connectivity index (χ2v) is 11.3. The van der Waals surface area contributed by atoms with Gasteiger partial charge in [-0.15, -0.1) is 0 Å². The van der Waals surface area contributed by atoms with Gasteiger partial charge in [-0.3, -0.25) is 14.6 Å². The maximum Gasteiger partial charge on any atom is 0.330 e. The summed E-state index contributed by atoms with van der Waals surface area (Å²) in [5.41, 5.74) is 3.69. The number of aryl methyl sites for hydroxylation is 1. The van der Waals surface area contributed by atoms with Crippen LogP contribution < -0.4 is 19.4 Å². The zero-order valence-electron chi connectivity index (χ0n) is 26.4. The maximum absolute atomic E-state index is 14.5. The Kier molecular flexibility index (Phi) is 8.53. The standard InChI is InChI=1S/C36H35N5O6/c1-4-24-13-5-7-15-26(24)40(30-19-11-12-20-32(30)47-3)35(45)38-21-22-39(31(23-38)34(43)44)36(46)41-27-16-8-6-14-25(27)33(42)37(2)28-17-9-10-18-29(28)41/h5-20,31H,4,21-23H2,1-3H3,(H,43,44)/t31-/m0/s1. The van der Waals surface area contributed by atoms with Gasteiger partial charge in [0.1, 0.15) is 11.8 Å². The molecule has 6 rings (SSSR count). The van der Waals surface area contributed by atoms with E-state index in [0.717, 1.165) is 5.56 Å². The van der Waals surface area contributed by atoms with E-state index in [-0.39, 0.29) is 25.5 Å². The van der Waals surface area contributed by atoms with Crippen LogP contribution in [0.25, 0.3) is 0 Å². The van der Waals surface area contributed by atoms with Crippen molar-refractivity contribution in [2.75, 3.05) is 48.5 Å². The molecule has 240 valence electrons. The fourth-order valence-corrected chi connectivity index (χ4v) is 6.26. The van der Waals surface area contributed by atoms with Crippen LogP contribution >= 0.6 is 0 Å². The highest BCUT2D eigenvalue weighted by Crippen LogP contribution is 2.41. The number of methoxy groups -OCH3 is 1. The van der Waals surface area contributed by atoms with Crippen molar-refractivity contribution >= 4 is 52.4 Å². The van der Waals surface area contributed by atoms with Gasteiger partial charge >= 0.3 is 18.0 Å². The lowest BCUT2D eigenvalue weighted by atomic mass is 10.1. The molecule has 1 N–H and O–H groups in total. The second-order valence-electron chi connectivity index (χ2n) is 11.3. The number of hydrogen-bond donors (Lipinski definition) is 1. The third-order valence-corrected chi connectivity index (χ3v) is 8.67. The Hall–Kier alpha value is -5.84. The number of amides is 5. The summed E-state index contributed by atoms with van der Waals surface area (Å²) in [6.07, 6.45) is 0.658. The van der Waals surface area contributed by atoms with Gasteiger partial charge in [-0.1, -0.05) is 61.5 Å². The number of carbonyl (C=O) groups excluding carboxylic acids is 3. The maximum atomic E-state index is 14.5. The lowest BCUT2D eigenvalue weighted by Gasteiger charge is -2.43. The highest BCUT2D eigenvalue weighted by molar-refractivity contribution is 6.18. The third kappa shape index (κ3) is 5.50. The molecule has 1 atom stereocenters. The van der Waals surface area contributed by atoms with Gasteiger partial charge in [0.25, 0.3) is 5.91 Å². The first kappa shape index (κ1) is 31.2. The number of fused-ring (bicyclic) bond motifs is 2. The van der Waals surface area contributed by atoms with E-state index >= 15 is 0 Å². The van der Waals surface area contributed by atoms with Crippen molar-refractivity contribution in [2.45, 2.75) is 19.4 Å². The first-order valence-corrected chi connectivity index (χ1v) is 15.4. The molecule has 0 bridgehead atoms. The van der Waals surface area contributed by atoms with Gasteiger partial charge in [0.05, 0.1) is 47.7 Å². The summed E-state index contributed by atoms with van der Waals surface area (Å²) in [4.78, 5) is 62.4. The number of nitrogens with zero attached hydrogens (tertiary/aromatic N) is 5. The average Bonchev–Trinajstić information content (AvgIpc) is 3.20. The van der Waals surface area contributed by atoms with Crippen LogP contribution in [0.3, 0.4) is 0 Å². The molecule has 11 nitrogen and oxygen atoms in total. The predicted octanol–water partition coefficient (Wildman–Crippen LogP) is 6.13. The van der Waals surface area contributed by atoms with Crippen molar-refractivity contribution in [1.82, 2.24) is 9.80 Å². The zero-order chi connectivity index (χ0) is 33.2. The summed E-state index contributed by atoms with van der Waals surface area (Å²) >= 11 is 0. The Morgan fingerprint density at radius 2 is 1.45 bits per heavy atom. The number of benzene rings is 4. The van der Waals surface area contributed by atoms with Crippen molar-refractivity contribution < 1.29 is 29.0 Å². The Balaban J connectivity index is 1.37. The molecule has 2 aliphatic heterocycles. The number of ether oxygens (including phenoxy) is 1. The normalized spacial score (nSPS) is 15.8. The van der Waals surface area contributed by atoms with Gasteiger partial charge in [0.2, 0.25) is 0 Å². The summed E-state index contributed by atoms with van der Waals surface area (Å²) in [5.74, 6) is -1.07. The monoisotopic (exact) mass is 633 g/mol. The number of anilines is 5. The van der Waals surface area contributed by atoms with Gasteiger partial charge in [-0.2, -0.15) is 0 Å². The highest BCUT2D eigenvalue weighted by Gasteiger charge is 2.43. The van der Waals surface area contributed by atoms with E-state index in [4.69, 9.17) is 4.74 Å². The Bertz CT molecular complexity index is 1810. The molecule has 0 unspecified atom stereocenters. The van der Waals surface area contributed by atoms with Crippen LogP contribution in [0.5, 0.6) is 5.75 Å². The number of carboxylic acid groups (broad SMARTS) is 1. The molecule has 0 spiro atoms. The molecule has 1 fully saturated rings. The molecule has 11 heteroatoms. The van der Waals surface area contributed by atoms with E-state index in [1.807, 2.05) is 43.3 Å². The van der Waals surface area contributed by atoms with Gasteiger partial charge in [-0.05, 0) is 54.4 Å². The van der Waals surface area contributed by atoms with Crippen LogP contribution in [0, 0.1) is 0 Å². The van der Waals surface area contributed by atoms with Crippen molar-refractivity contribution in [1.29, 1.82) is 0 Å². The molecule has 0 saturated carbocycles. The van der Waals surface area contributed by atoms with Crippen LogP contribution in [0.4, 0.5) is 38.0 Å². The van der Waals surface area contributed by atoms with Crippen molar-refractivity contribution in [3.8, 4) is 5.75 Å². The van der Waals surface area contributed by atoms with Crippen LogP contribution in [0.1, 0.15) is 22.8 Å². The zero-order valence-corrected chi connectivity index (χ0v) is 26.4. The molecule has 0 aliphatic carbocycles. The minimum atomic E-state index is -1.36. The number of hydrogen-bond acceptors (Lipinski definition) is 5. The summed E-state index contributed by atoms with van der Waals surface area (Å²) in [6, 6.07) is 26.1. The molecule has 4 aromatic rings. The molecule has 4 aromatic carbocycles. The molecule has 1 saturated heterocycles. The van der Waals surface area contributed by atoms with Crippen LogP contribution in [-0.2, 0) is 11.2 Å². The fourth-order valence-electron chi connectivity index (χ4n) is 6.26. The first-order chi connectivity index (χ1) is 22.8. The van der Waals surface area contributed by atoms with Crippen molar-refractivity contribution in [2.24, 2.45) is 0 Å². The fraction of sp³-hybridized carbons (Fsp3) is 0.222. The smallest absolute Gasteiger partial charge is 0.330 e. The van der Waals surface area contributed by atoms with Gasteiger partial charge in [0.15, 0.2) is 0 Å². The van der Waals surface area contributed by atoms with Crippen LogP contribution in [0.15, 0.2) is 97.1 Å². The van der Waals surface area contributed by atoms with E-state index in [9.17, 15) is 24.3 Å². The number of aliphatic carboxylic acids is 1. The molecule has 5 amide bonds. The Morgan fingerprint density at radius 1 is 0.830 bits per heavy atom. The topological polar surface area (TPSA) is 114 Å². The number of urea groups is 2. The molecule has 0 radical (unpaired) electrons. The molecule has 2 heterocycles. The van der Waals surface area contributed by atoms with Gasteiger partial charge in [0, 0.05) is 20.1 Å². The van der Waals surface area contributed by atoms with E-state index < -0.39 is 24.1 Å². The first-order valence-electron chi connectivity index (χ1n) is 15.4. The van der Waals surface area contributed by atoms with Gasteiger partial charge < -0.3 is 24.5 Å². The Morgan fingerprint density at radius 3 is 2.15 bits per heavy atom. The lowest BCUT2D eigenvalue weighted by Crippen LogP contribution is -2.62. The highest BCUT2D eigenvalue weighted by atomic mass is 16.5. The minimum absolute atomic E-state index is 0.0542. The number of piperazine rings is 1. The number of para-hydroxylation sites is 6. The van der Waals surface area contributed by atoms with Gasteiger partial charge in [-0.25, -0.2) is 14.4 Å². The molecule has 2 aliphatic rings. The largest absolute Gasteiger partial charge is 0.495 e. The molecular weight excluding hydrogens is 598 g/mol. The van der Waals surface area contributed by atoms with Crippen LogP contribution in [0.2, 0.25) is 0 Å². The molecule has 47 heavy (non-hydrogen) atoms. The number of rotatable bonds is 5. The predicted molar refractivity (Wildman–Crippen MR) is 179 cm³/mol. The summed E-state index contributed by atoms with van der Waals surface area (Å²) in [5, 5.41) is 10.5. The summed E-state index contributed by atoms with van der Waals surface area (Å²) < 4.78 is 5.62. The van der Waals surface area contributed by atoms with Crippen molar-refractivity contribution in [3.63, 3.8) is 0 Å². The van der Waals surface area contributed by atoms with Crippen LogP contribution in [-0.4, -0.2) is 78.7 Å². The minimum Gasteiger partial charge on any atom is -0.495 e. The van der Waals surface area contributed by atoms with E-state index in [1.165, 1.54) is 26.7 Å². The number of carboxylic acids is 1. The average molecular weight is 634 g/mol. The third-order valence-electron chi connectivity index (χ3n) is 8.67. The van der Waals surface area contributed by atoms with Crippen molar-refractivity contribution in [3.05, 3.63) is 108 Å². The quantitative estimate of drug-likeness (QED) is 0.283. The summed E-state index contributed by atoms with van der Waals surface area (Å²) in [7, 11) is 3.17. The molecular formula is C36H35N5O6. The molecule has 0 aromatic heterocycles. The summed E-state index contributed by atoms with van der Waals surface area (Å²) in [6.45, 7) is 1.76. The number of carbonyl (C=O) groups is 4.